The summed E-state index contributed by atoms with van der Waals surface area (Å²) in [5.41, 5.74) is 0.266. The normalized spacial score (nSPS) is 30.3. The van der Waals surface area contributed by atoms with E-state index in [1.807, 2.05) is 37.3 Å². The molecule has 1 aliphatic rings. The Bertz CT molecular complexity index is 360. The molecule has 1 N–H and O–H groups in total. The van der Waals surface area contributed by atoms with E-state index in [-0.39, 0.29) is 0 Å². The van der Waals surface area contributed by atoms with Gasteiger partial charge in [-0.25, -0.2) is 0 Å². The van der Waals surface area contributed by atoms with E-state index in [0.29, 0.717) is 13.0 Å². The Hall–Kier alpha value is -1.35. The van der Waals surface area contributed by atoms with E-state index in [9.17, 15) is 4.79 Å². The molecule has 1 aliphatic heterocycles. The molecule has 0 aliphatic carbocycles. The molecule has 2 atom stereocenters. The summed E-state index contributed by atoms with van der Waals surface area (Å²) < 4.78 is 5.62. The summed E-state index contributed by atoms with van der Waals surface area (Å²) in [4.78, 5) is 11.1. The standard InChI is InChI=1S/C12H14O3/c1-12(9-5-3-2-4-6-9)10(11(13)14)7-8-15-12/h2-6,10H,7-8H2,1H3,(H,13,14). The summed E-state index contributed by atoms with van der Waals surface area (Å²) in [7, 11) is 0. The minimum absolute atomic E-state index is 0.445. The fourth-order valence-electron chi connectivity index (χ4n) is 2.18. The van der Waals surface area contributed by atoms with Gasteiger partial charge in [0.2, 0.25) is 0 Å². The van der Waals surface area contributed by atoms with Gasteiger partial charge in [-0.15, -0.1) is 0 Å². The van der Waals surface area contributed by atoms with Crippen molar-refractivity contribution >= 4 is 5.97 Å². The molecular weight excluding hydrogens is 192 g/mol. The third-order valence-corrected chi connectivity index (χ3v) is 3.12. The highest BCUT2D eigenvalue weighted by Crippen LogP contribution is 2.40. The number of hydrogen-bond acceptors (Lipinski definition) is 2. The largest absolute Gasteiger partial charge is 0.481 e. The predicted molar refractivity (Wildman–Crippen MR) is 55.5 cm³/mol. The van der Waals surface area contributed by atoms with Gasteiger partial charge in [-0.05, 0) is 18.9 Å². The third kappa shape index (κ3) is 1.63. The van der Waals surface area contributed by atoms with E-state index < -0.39 is 17.5 Å². The number of ether oxygens (including phenoxy) is 1. The Labute approximate surface area is 88.7 Å². The van der Waals surface area contributed by atoms with Crippen LogP contribution in [0.5, 0.6) is 0 Å². The van der Waals surface area contributed by atoms with Crippen molar-refractivity contribution in [3.05, 3.63) is 35.9 Å². The molecule has 15 heavy (non-hydrogen) atoms. The molecule has 0 saturated carbocycles. The van der Waals surface area contributed by atoms with E-state index in [2.05, 4.69) is 0 Å². The van der Waals surface area contributed by atoms with Crippen LogP contribution in [-0.4, -0.2) is 17.7 Å². The Morgan fingerprint density at radius 2 is 2.13 bits per heavy atom. The maximum Gasteiger partial charge on any atom is 0.309 e. The van der Waals surface area contributed by atoms with Gasteiger partial charge in [0.25, 0.3) is 0 Å². The minimum Gasteiger partial charge on any atom is -0.481 e. The van der Waals surface area contributed by atoms with Gasteiger partial charge in [0.15, 0.2) is 0 Å². The first-order valence-corrected chi connectivity index (χ1v) is 5.07. The molecule has 80 valence electrons. The second-order valence-electron chi connectivity index (χ2n) is 4.00. The van der Waals surface area contributed by atoms with Crippen LogP contribution in [0.15, 0.2) is 30.3 Å². The third-order valence-electron chi connectivity index (χ3n) is 3.12. The summed E-state index contributed by atoms with van der Waals surface area (Å²) in [5, 5.41) is 9.13. The quantitative estimate of drug-likeness (QED) is 0.805. The molecule has 1 heterocycles. The minimum atomic E-state index is -0.779. The number of carboxylic acids is 1. The van der Waals surface area contributed by atoms with Crippen molar-refractivity contribution < 1.29 is 14.6 Å². The lowest BCUT2D eigenvalue weighted by molar-refractivity contribution is -0.148. The first-order valence-electron chi connectivity index (χ1n) is 5.07. The summed E-state index contributed by atoms with van der Waals surface area (Å²) in [6.07, 6.45) is 0.584. The predicted octanol–water partition coefficient (Wildman–Crippen LogP) is 2.02. The van der Waals surface area contributed by atoms with E-state index in [1.54, 1.807) is 0 Å². The first-order chi connectivity index (χ1) is 7.14. The van der Waals surface area contributed by atoms with Crippen LogP contribution in [0.25, 0.3) is 0 Å². The van der Waals surface area contributed by atoms with Gasteiger partial charge in [0.05, 0.1) is 5.92 Å². The average Bonchev–Trinajstić information content (AvgIpc) is 2.63. The van der Waals surface area contributed by atoms with E-state index in [4.69, 9.17) is 9.84 Å². The average molecular weight is 206 g/mol. The van der Waals surface area contributed by atoms with Crippen LogP contribution in [0.3, 0.4) is 0 Å². The Balaban J connectivity index is 2.37. The van der Waals surface area contributed by atoms with Crippen molar-refractivity contribution in [2.75, 3.05) is 6.61 Å². The lowest BCUT2D eigenvalue weighted by Crippen LogP contribution is -2.33. The fraction of sp³-hybridized carbons (Fsp3) is 0.417. The number of carbonyl (C=O) groups is 1. The van der Waals surface area contributed by atoms with Gasteiger partial charge in [-0.1, -0.05) is 30.3 Å². The second-order valence-corrected chi connectivity index (χ2v) is 4.00. The highest BCUT2D eigenvalue weighted by molar-refractivity contribution is 5.72. The molecule has 0 aromatic heterocycles. The van der Waals surface area contributed by atoms with Gasteiger partial charge in [0.1, 0.15) is 5.60 Å². The molecule has 0 amide bonds. The summed E-state index contributed by atoms with van der Waals surface area (Å²) in [6, 6.07) is 9.56. The summed E-state index contributed by atoms with van der Waals surface area (Å²) in [5.74, 6) is -1.22. The van der Waals surface area contributed by atoms with Gasteiger partial charge in [-0.3, -0.25) is 4.79 Å². The summed E-state index contributed by atoms with van der Waals surface area (Å²) in [6.45, 7) is 2.37. The lowest BCUT2D eigenvalue weighted by Gasteiger charge is -2.28. The molecular formula is C12H14O3. The zero-order valence-electron chi connectivity index (χ0n) is 8.64. The molecule has 2 unspecified atom stereocenters. The Morgan fingerprint density at radius 3 is 2.73 bits per heavy atom. The maximum absolute atomic E-state index is 11.1. The highest BCUT2D eigenvalue weighted by Gasteiger charge is 2.45. The zero-order chi connectivity index (χ0) is 10.9. The number of benzene rings is 1. The molecule has 3 nitrogen and oxygen atoms in total. The highest BCUT2D eigenvalue weighted by atomic mass is 16.5. The fourth-order valence-corrected chi connectivity index (χ4v) is 2.18. The van der Waals surface area contributed by atoms with Gasteiger partial charge >= 0.3 is 5.97 Å². The van der Waals surface area contributed by atoms with Crippen LogP contribution >= 0.6 is 0 Å². The molecule has 0 spiro atoms. The van der Waals surface area contributed by atoms with Gasteiger partial charge in [-0.2, -0.15) is 0 Å². The molecule has 3 heteroatoms. The van der Waals surface area contributed by atoms with E-state index in [0.717, 1.165) is 5.56 Å². The van der Waals surface area contributed by atoms with Crippen molar-refractivity contribution in [1.29, 1.82) is 0 Å². The first kappa shape index (κ1) is 10.2. The molecule has 0 radical (unpaired) electrons. The molecule has 1 aromatic rings. The zero-order valence-corrected chi connectivity index (χ0v) is 8.64. The number of carboxylic acid groups (broad SMARTS) is 1. The van der Waals surface area contributed by atoms with Crippen LogP contribution in [0.4, 0.5) is 0 Å². The molecule has 1 saturated heterocycles. The molecule has 0 bridgehead atoms. The van der Waals surface area contributed by atoms with Crippen LogP contribution in [-0.2, 0) is 15.1 Å². The molecule has 2 rings (SSSR count). The van der Waals surface area contributed by atoms with Gasteiger partial charge in [0, 0.05) is 6.61 Å². The van der Waals surface area contributed by atoms with Crippen LogP contribution in [0.1, 0.15) is 18.9 Å². The molecule has 1 fully saturated rings. The van der Waals surface area contributed by atoms with Crippen molar-refractivity contribution in [1.82, 2.24) is 0 Å². The Kier molecular flexibility index (Phi) is 2.49. The van der Waals surface area contributed by atoms with E-state index >= 15 is 0 Å². The van der Waals surface area contributed by atoms with Crippen LogP contribution in [0, 0.1) is 5.92 Å². The number of aliphatic carboxylic acids is 1. The van der Waals surface area contributed by atoms with Crippen LogP contribution < -0.4 is 0 Å². The summed E-state index contributed by atoms with van der Waals surface area (Å²) >= 11 is 0. The lowest BCUT2D eigenvalue weighted by atomic mass is 9.83. The van der Waals surface area contributed by atoms with Crippen molar-refractivity contribution in [2.45, 2.75) is 18.9 Å². The maximum atomic E-state index is 11.1. The SMILES string of the molecule is CC1(c2ccccc2)OCCC1C(=O)O. The molecule has 1 aromatic carbocycles. The smallest absolute Gasteiger partial charge is 0.309 e. The van der Waals surface area contributed by atoms with E-state index in [1.165, 1.54) is 0 Å². The second kappa shape index (κ2) is 3.66. The van der Waals surface area contributed by atoms with Crippen molar-refractivity contribution in [3.63, 3.8) is 0 Å². The monoisotopic (exact) mass is 206 g/mol. The number of rotatable bonds is 2. The van der Waals surface area contributed by atoms with Crippen LogP contribution in [0.2, 0.25) is 0 Å². The number of hydrogen-bond donors (Lipinski definition) is 1. The Morgan fingerprint density at radius 1 is 1.47 bits per heavy atom. The van der Waals surface area contributed by atoms with Crippen molar-refractivity contribution in [2.24, 2.45) is 5.92 Å². The topological polar surface area (TPSA) is 46.5 Å². The van der Waals surface area contributed by atoms with Crippen molar-refractivity contribution in [3.8, 4) is 0 Å². The van der Waals surface area contributed by atoms with Gasteiger partial charge < -0.3 is 9.84 Å².